The molecule has 0 saturated carbocycles. The molecule has 0 aromatic heterocycles. The van der Waals surface area contributed by atoms with Crippen LogP contribution in [0.4, 0.5) is 0 Å². The van der Waals surface area contributed by atoms with E-state index < -0.39 is 6.10 Å². The summed E-state index contributed by atoms with van der Waals surface area (Å²) in [5.74, 6) is 1.34. The predicted molar refractivity (Wildman–Crippen MR) is 81.1 cm³/mol. The average Bonchev–Trinajstić information content (AvgIpc) is 2.47. The van der Waals surface area contributed by atoms with E-state index in [-0.39, 0.29) is 5.91 Å². The van der Waals surface area contributed by atoms with Crippen molar-refractivity contribution in [2.24, 2.45) is 0 Å². The molecule has 3 heteroatoms. The molecule has 0 radical (unpaired) electrons. The highest BCUT2D eigenvalue weighted by atomic mass is 16.5. The minimum absolute atomic E-state index is 0.114. The van der Waals surface area contributed by atoms with Crippen molar-refractivity contribution in [2.75, 3.05) is 13.1 Å². The van der Waals surface area contributed by atoms with Crippen molar-refractivity contribution in [1.82, 2.24) is 4.90 Å². The minimum atomic E-state index is -0.409. The summed E-state index contributed by atoms with van der Waals surface area (Å²) in [5.41, 5.74) is 1.16. The normalized spacial score (nSPS) is 17.1. The second-order valence-corrected chi connectivity index (χ2v) is 5.84. The van der Waals surface area contributed by atoms with Crippen LogP contribution in [0.5, 0.6) is 5.75 Å². The van der Waals surface area contributed by atoms with E-state index in [1.165, 1.54) is 6.42 Å². The summed E-state index contributed by atoms with van der Waals surface area (Å²) in [5, 5.41) is 0. The van der Waals surface area contributed by atoms with Crippen LogP contribution in [0.2, 0.25) is 0 Å². The van der Waals surface area contributed by atoms with Crippen LogP contribution in [0, 0.1) is 0 Å². The molecule has 3 nitrogen and oxygen atoms in total. The van der Waals surface area contributed by atoms with Crippen molar-refractivity contribution >= 4 is 5.91 Å². The molecule has 1 saturated heterocycles. The zero-order valence-electron chi connectivity index (χ0n) is 12.8. The Labute approximate surface area is 121 Å². The Morgan fingerprint density at radius 1 is 1.10 bits per heavy atom. The van der Waals surface area contributed by atoms with Crippen molar-refractivity contribution in [2.45, 2.75) is 52.1 Å². The van der Waals surface area contributed by atoms with Crippen LogP contribution in [-0.2, 0) is 4.79 Å². The standard InChI is InChI=1S/C17H25NO2/c1-13(2)15-9-5-6-10-16(15)20-14(3)17(19)18-11-7-4-8-12-18/h5-6,9-10,13-14H,4,7-8,11-12H2,1-3H3/t14-/m0/s1. The monoisotopic (exact) mass is 275 g/mol. The first-order valence-corrected chi connectivity index (χ1v) is 7.64. The van der Waals surface area contributed by atoms with Gasteiger partial charge in [0.15, 0.2) is 6.10 Å². The lowest BCUT2D eigenvalue weighted by Gasteiger charge is -2.29. The minimum Gasteiger partial charge on any atom is -0.481 e. The average molecular weight is 275 g/mol. The van der Waals surface area contributed by atoms with Crippen LogP contribution < -0.4 is 4.74 Å². The lowest BCUT2D eigenvalue weighted by atomic mass is 10.0. The number of carbonyl (C=O) groups excluding carboxylic acids is 1. The van der Waals surface area contributed by atoms with Gasteiger partial charge in [-0.05, 0) is 43.7 Å². The fourth-order valence-corrected chi connectivity index (χ4v) is 2.68. The molecule has 1 heterocycles. The van der Waals surface area contributed by atoms with Gasteiger partial charge >= 0.3 is 0 Å². The molecular formula is C17H25NO2. The number of hydrogen-bond donors (Lipinski definition) is 0. The summed E-state index contributed by atoms with van der Waals surface area (Å²) in [6.07, 6.45) is 3.05. The molecule has 1 amide bonds. The first-order valence-electron chi connectivity index (χ1n) is 7.64. The Bertz CT molecular complexity index is 450. The summed E-state index contributed by atoms with van der Waals surface area (Å²) < 4.78 is 5.93. The number of hydrogen-bond acceptors (Lipinski definition) is 2. The Hall–Kier alpha value is -1.51. The van der Waals surface area contributed by atoms with E-state index in [0.717, 1.165) is 37.2 Å². The van der Waals surface area contributed by atoms with E-state index in [1.54, 1.807) is 0 Å². The maximum absolute atomic E-state index is 12.4. The van der Waals surface area contributed by atoms with Crippen LogP contribution in [-0.4, -0.2) is 30.0 Å². The fraction of sp³-hybridized carbons (Fsp3) is 0.588. The third-order valence-electron chi connectivity index (χ3n) is 3.86. The molecule has 0 unspecified atom stereocenters. The van der Waals surface area contributed by atoms with Gasteiger partial charge in [0.2, 0.25) is 0 Å². The smallest absolute Gasteiger partial charge is 0.263 e. The number of nitrogens with zero attached hydrogens (tertiary/aromatic N) is 1. The molecule has 110 valence electrons. The maximum atomic E-state index is 12.4. The van der Waals surface area contributed by atoms with Gasteiger partial charge in [0.25, 0.3) is 5.91 Å². The van der Waals surface area contributed by atoms with Crippen LogP contribution in [0.1, 0.15) is 51.5 Å². The second-order valence-electron chi connectivity index (χ2n) is 5.84. The highest BCUT2D eigenvalue weighted by Crippen LogP contribution is 2.27. The molecule has 20 heavy (non-hydrogen) atoms. The predicted octanol–water partition coefficient (Wildman–Crippen LogP) is 3.59. The van der Waals surface area contributed by atoms with Crippen LogP contribution in [0.15, 0.2) is 24.3 Å². The van der Waals surface area contributed by atoms with Crippen LogP contribution >= 0.6 is 0 Å². The van der Waals surface area contributed by atoms with Gasteiger partial charge in [-0.25, -0.2) is 0 Å². The molecule has 1 fully saturated rings. The number of likely N-dealkylation sites (tertiary alicyclic amines) is 1. The molecule has 1 aliphatic heterocycles. The number of carbonyl (C=O) groups is 1. The molecule has 0 spiro atoms. The van der Waals surface area contributed by atoms with Crippen molar-refractivity contribution in [3.05, 3.63) is 29.8 Å². The molecule has 1 aromatic rings. The fourth-order valence-electron chi connectivity index (χ4n) is 2.68. The topological polar surface area (TPSA) is 29.5 Å². The lowest BCUT2D eigenvalue weighted by molar-refractivity contribution is -0.138. The number of piperidine rings is 1. The van der Waals surface area contributed by atoms with E-state index in [9.17, 15) is 4.79 Å². The van der Waals surface area contributed by atoms with Gasteiger partial charge in [-0.1, -0.05) is 32.0 Å². The largest absolute Gasteiger partial charge is 0.481 e. The van der Waals surface area contributed by atoms with E-state index >= 15 is 0 Å². The maximum Gasteiger partial charge on any atom is 0.263 e. The first kappa shape index (κ1) is 14.9. The van der Waals surface area contributed by atoms with Gasteiger partial charge in [0.1, 0.15) is 5.75 Å². The molecule has 2 rings (SSSR count). The van der Waals surface area contributed by atoms with E-state index in [1.807, 2.05) is 30.0 Å². The number of benzene rings is 1. The Kier molecular flexibility index (Phi) is 5.05. The molecule has 1 aromatic carbocycles. The van der Waals surface area contributed by atoms with Gasteiger partial charge in [-0.3, -0.25) is 4.79 Å². The lowest BCUT2D eigenvalue weighted by Crippen LogP contribution is -2.43. The van der Waals surface area contributed by atoms with Gasteiger partial charge in [0, 0.05) is 13.1 Å². The summed E-state index contributed by atoms with van der Waals surface area (Å²) in [4.78, 5) is 14.3. The Morgan fingerprint density at radius 3 is 2.40 bits per heavy atom. The van der Waals surface area contributed by atoms with Gasteiger partial charge in [-0.2, -0.15) is 0 Å². The van der Waals surface area contributed by atoms with E-state index in [2.05, 4.69) is 19.9 Å². The van der Waals surface area contributed by atoms with Gasteiger partial charge in [0.05, 0.1) is 0 Å². The molecule has 0 aliphatic carbocycles. The Balaban J connectivity index is 2.03. The SMILES string of the molecule is CC(C)c1ccccc1O[C@@H](C)C(=O)N1CCCCC1. The van der Waals surface area contributed by atoms with E-state index in [4.69, 9.17) is 4.74 Å². The van der Waals surface area contributed by atoms with Crippen LogP contribution in [0.25, 0.3) is 0 Å². The summed E-state index contributed by atoms with van der Waals surface area (Å²) in [6.45, 7) is 7.88. The second kappa shape index (κ2) is 6.78. The molecule has 1 aliphatic rings. The number of amides is 1. The molecule has 0 N–H and O–H groups in total. The summed E-state index contributed by atoms with van der Waals surface area (Å²) in [6, 6.07) is 7.99. The summed E-state index contributed by atoms with van der Waals surface area (Å²) in [7, 11) is 0. The first-order chi connectivity index (χ1) is 9.59. The summed E-state index contributed by atoms with van der Waals surface area (Å²) >= 11 is 0. The van der Waals surface area contributed by atoms with Crippen molar-refractivity contribution in [3.8, 4) is 5.75 Å². The zero-order valence-corrected chi connectivity index (χ0v) is 12.8. The number of para-hydroxylation sites is 1. The quantitative estimate of drug-likeness (QED) is 0.840. The highest BCUT2D eigenvalue weighted by Gasteiger charge is 2.24. The van der Waals surface area contributed by atoms with Crippen molar-refractivity contribution in [1.29, 1.82) is 0 Å². The molecule has 0 bridgehead atoms. The third kappa shape index (κ3) is 3.53. The number of ether oxygens (including phenoxy) is 1. The van der Waals surface area contributed by atoms with Gasteiger partial charge in [-0.15, -0.1) is 0 Å². The van der Waals surface area contributed by atoms with Gasteiger partial charge < -0.3 is 9.64 Å². The molecule has 1 atom stereocenters. The number of rotatable bonds is 4. The van der Waals surface area contributed by atoms with Crippen molar-refractivity contribution in [3.63, 3.8) is 0 Å². The van der Waals surface area contributed by atoms with Crippen molar-refractivity contribution < 1.29 is 9.53 Å². The Morgan fingerprint density at radius 2 is 1.75 bits per heavy atom. The third-order valence-corrected chi connectivity index (χ3v) is 3.86. The van der Waals surface area contributed by atoms with E-state index in [0.29, 0.717) is 5.92 Å². The highest BCUT2D eigenvalue weighted by molar-refractivity contribution is 5.81. The zero-order chi connectivity index (χ0) is 14.5. The van der Waals surface area contributed by atoms with Crippen LogP contribution in [0.3, 0.4) is 0 Å². The molecular weight excluding hydrogens is 250 g/mol.